The van der Waals surface area contributed by atoms with Gasteiger partial charge in [0.1, 0.15) is 4.88 Å². The van der Waals surface area contributed by atoms with Gasteiger partial charge in [-0.1, -0.05) is 19.1 Å². The lowest BCUT2D eigenvalue weighted by Gasteiger charge is -2.16. The summed E-state index contributed by atoms with van der Waals surface area (Å²) in [5, 5.41) is 12.1. The van der Waals surface area contributed by atoms with E-state index < -0.39 is 15.9 Å². The molecule has 0 unspecified atom stereocenters. The van der Waals surface area contributed by atoms with Crippen molar-refractivity contribution in [3.8, 4) is 0 Å². The van der Waals surface area contributed by atoms with E-state index in [-0.39, 0.29) is 23.2 Å². The van der Waals surface area contributed by atoms with Crippen molar-refractivity contribution in [2.45, 2.75) is 17.9 Å². The predicted molar refractivity (Wildman–Crippen MR) is 83.6 cm³/mol. The van der Waals surface area contributed by atoms with Gasteiger partial charge >= 0.3 is 0 Å². The molecule has 0 aliphatic rings. The summed E-state index contributed by atoms with van der Waals surface area (Å²) >= 11 is 1.20. The number of thiazole rings is 1. The summed E-state index contributed by atoms with van der Waals surface area (Å²) in [6.45, 7) is 1.29. The summed E-state index contributed by atoms with van der Waals surface area (Å²) in [5.41, 5.74) is 2.18. The van der Waals surface area contributed by atoms with E-state index in [9.17, 15) is 18.3 Å². The number of aliphatic hydroxyl groups excluding tert-OH is 1. The molecule has 0 radical (unpaired) electrons. The Labute approximate surface area is 132 Å². The van der Waals surface area contributed by atoms with Crippen LogP contribution in [0.15, 0.2) is 40.9 Å². The highest BCUT2D eigenvalue weighted by atomic mass is 32.2. The van der Waals surface area contributed by atoms with Crippen LogP contribution in [0.3, 0.4) is 0 Å². The molecule has 22 heavy (non-hydrogen) atoms. The molecule has 118 valence electrons. The molecule has 0 spiro atoms. The van der Waals surface area contributed by atoms with E-state index in [0.29, 0.717) is 10.4 Å². The lowest BCUT2D eigenvalue weighted by molar-refractivity contribution is 0.0920. The third kappa shape index (κ3) is 3.70. The number of amides is 1. The Kier molecular flexibility index (Phi) is 5.28. The number of aliphatic hydroxyl groups is 1. The fourth-order valence-corrected chi connectivity index (χ4v) is 3.27. The molecule has 0 aliphatic carbocycles. The van der Waals surface area contributed by atoms with Crippen molar-refractivity contribution < 1.29 is 18.3 Å². The number of carbonyl (C=O) groups is 1. The van der Waals surface area contributed by atoms with Gasteiger partial charge < -0.3 is 10.4 Å². The Morgan fingerprint density at radius 2 is 2.05 bits per heavy atom. The fraction of sp³-hybridized carbons (Fsp3) is 0.286. The summed E-state index contributed by atoms with van der Waals surface area (Å²) < 4.78 is 23.5. The molecule has 0 saturated carbocycles. The highest BCUT2D eigenvalue weighted by Crippen LogP contribution is 2.18. The molecular formula is C14H16N2O4S2. The Morgan fingerprint density at radius 3 is 2.55 bits per heavy atom. The molecule has 0 fully saturated rings. The van der Waals surface area contributed by atoms with Crippen molar-refractivity contribution in [1.82, 2.24) is 10.3 Å². The van der Waals surface area contributed by atoms with Gasteiger partial charge in [0.05, 0.1) is 35.0 Å². The van der Waals surface area contributed by atoms with E-state index in [1.54, 1.807) is 24.6 Å². The van der Waals surface area contributed by atoms with Crippen LogP contribution in [0.1, 0.15) is 28.2 Å². The van der Waals surface area contributed by atoms with Gasteiger partial charge in [0.2, 0.25) is 0 Å². The van der Waals surface area contributed by atoms with Gasteiger partial charge in [0.15, 0.2) is 9.84 Å². The van der Waals surface area contributed by atoms with Crippen molar-refractivity contribution in [2.75, 3.05) is 12.4 Å². The maximum absolute atomic E-state index is 12.0. The van der Waals surface area contributed by atoms with Crippen LogP contribution in [0.4, 0.5) is 0 Å². The number of benzene rings is 1. The van der Waals surface area contributed by atoms with Crippen LogP contribution >= 0.6 is 11.3 Å². The topological polar surface area (TPSA) is 96.4 Å². The van der Waals surface area contributed by atoms with Crippen molar-refractivity contribution in [1.29, 1.82) is 0 Å². The van der Waals surface area contributed by atoms with Crippen LogP contribution in [0.2, 0.25) is 0 Å². The summed E-state index contributed by atoms with van der Waals surface area (Å²) in [6, 6.07) is 5.55. The first-order valence-electron chi connectivity index (χ1n) is 6.61. The Balaban J connectivity index is 2.16. The molecule has 1 aromatic carbocycles. The van der Waals surface area contributed by atoms with Gasteiger partial charge in [-0.25, -0.2) is 8.42 Å². The SMILES string of the molecule is CCS(=O)(=O)c1ccc([C@H](CO)NC(=O)c2cncs2)cc1. The second kappa shape index (κ2) is 6.99. The molecule has 1 heterocycles. The summed E-state index contributed by atoms with van der Waals surface area (Å²) in [5.74, 6) is -0.301. The minimum Gasteiger partial charge on any atom is -0.394 e. The quantitative estimate of drug-likeness (QED) is 0.828. The largest absolute Gasteiger partial charge is 0.394 e. The van der Waals surface area contributed by atoms with E-state index in [1.165, 1.54) is 29.7 Å². The molecule has 2 aromatic rings. The molecule has 1 amide bonds. The van der Waals surface area contributed by atoms with Crippen molar-refractivity contribution in [3.05, 3.63) is 46.4 Å². The van der Waals surface area contributed by atoms with Gasteiger partial charge in [-0.2, -0.15) is 0 Å². The average Bonchev–Trinajstić information content (AvgIpc) is 3.07. The number of hydrogen-bond donors (Lipinski definition) is 2. The second-order valence-electron chi connectivity index (χ2n) is 4.55. The molecule has 8 heteroatoms. The Hall–Kier alpha value is -1.77. The van der Waals surface area contributed by atoms with Gasteiger partial charge in [0, 0.05) is 0 Å². The van der Waals surface area contributed by atoms with E-state index in [2.05, 4.69) is 10.3 Å². The monoisotopic (exact) mass is 340 g/mol. The number of sulfone groups is 1. The summed E-state index contributed by atoms with van der Waals surface area (Å²) in [4.78, 5) is 16.5. The zero-order valence-corrected chi connectivity index (χ0v) is 13.5. The molecule has 1 atom stereocenters. The van der Waals surface area contributed by atoms with Crippen LogP contribution in [0, 0.1) is 0 Å². The first kappa shape index (κ1) is 16.6. The maximum Gasteiger partial charge on any atom is 0.263 e. The third-order valence-electron chi connectivity index (χ3n) is 3.17. The minimum atomic E-state index is -3.26. The predicted octanol–water partition coefficient (Wildman–Crippen LogP) is 1.40. The lowest BCUT2D eigenvalue weighted by atomic mass is 10.1. The standard InChI is InChI=1S/C14H16N2O4S2/c1-2-22(19,20)11-5-3-10(4-6-11)12(8-17)16-14(18)13-7-15-9-21-13/h3-7,9,12,17H,2,8H2,1H3,(H,16,18)/t12-/m0/s1. The number of nitrogens with one attached hydrogen (secondary N) is 1. The van der Waals surface area contributed by atoms with Crippen LogP contribution in [-0.4, -0.2) is 36.8 Å². The molecule has 6 nitrogen and oxygen atoms in total. The fourth-order valence-electron chi connectivity index (χ4n) is 1.87. The first-order chi connectivity index (χ1) is 10.5. The zero-order chi connectivity index (χ0) is 16.2. The van der Waals surface area contributed by atoms with E-state index in [4.69, 9.17) is 0 Å². The first-order valence-corrected chi connectivity index (χ1v) is 9.14. The molecule has 1 aromatic heterocycles. The molecular weight excluding hydrogens is 324 g/mol. The minimum absolute atomic E-state index is 0.0257. The van der Waals surface area contributed by atoms with Gasteiger partial charge in [-0.05, 0) is 17.7 Å². The van der Waals surface area contributed by atoms with Gasteiger partial charge in [0.25, 0.3) is 5.91 Å². The number of aromatic nitrogens is 1. The lowest BCUT2D eigenvalue weighted by Crippen LogP contribution is -2.30. The van der Waals surface area contributed by atoms with Gasteiger partial charge in [-0.15, -0.1) is 11.3 Å². The smallest absolute Gasteiger partial charge is 0.263 e. The number of rotatable bonds is 6. The van der Waals surface area contributed by atoms with Gasteiger partial charge in [-0.3, -0.25) is 9.78 Å². The van der Waals surface area contributed by atoms with Crippen molar-refractivity contribution in [2.24, 2.45) is 0 Å². The van der Waals surface area contributed by atoms with Crippen LogP contribution in [0.25, 0.3) is 0 Å². The molecule has 2 N–H and O–H groups in total. The number of carbonyl (C=O) groups excluding carboxylic acids is 1. The van der Waals surface area contributed by atoms with E-state index in [1.807, 2.05) is 0 Å². The van der Waals surface area contributed by atoms with Crippen LogP contribution < -0.4 is 5.32 Å². The zero-order valence-electron chi connectivity index (χ0n) is 11.9. The van der Waals surface area contributed by atoms with E-state index in [0.717, 1.165) is 0 Å². The molecule has 0 aliphatic heterocycles. The summed E-state index contributed by atoms with van der Waals surface area (Å²) in [6.07, 6.45) is 1.45. The Bertz CT molecular complexity index is 725. The van der Waals surface area contributed by atoms with Crippen molar-refractivity contribution in [3.63, 3.8) is 0 Å². The van der Waals surface area contributed by atoms with Crippen LogP contribution in [0.5, 0.6) is 0 Å². The second-order valence-corrected chi connectivity index (χ2v) is 7.71. The van der Waals surface area contributed by atoms with Crippen molar-refractivity contribution >= 4 is 27.1 Å². The van der Waals surface area contributed by atoms with E-state index >= 15 is 0 Å². The van der Waals surface area contributed by atoms with Crippen LogP contribution in [-0.2, 0) is 9.84 Å². The average molecular weight is 340 g/mol. The maximum atomic E-state index is 12.0. The summed E-state index contributed by atoms with van der Waals surface area (Å²) in [7, 11) is -3.26. The highest BCUT2D eigenvalue weighted by Gasteiger charge is 2.17. The molecule has 0 bridgehead atoms. The number of hydrogen-bond acceptors (Lipinski definition) is 6. The third-order valence-corrected chi connectivity index (χ3v) is 5.69. The highest BCUT2D eigenvalue weighted by molar-refractivity contribution is 7.91. The normalized spacial score (nSPS) is 12.8. The Morgan fingerprint density at radius 1 is 1.36 bits per heavy atom. The number of nitrogens with zero attached hydrogens (tertiary/aromatic N) is 1. The molecule has 2 rings (SSSR count). The molecule has 0 saturated heterocycles.